The average molecular weight is 227 g/mol. The van der Waals surface area contributed by atoms with E-state index >= 15 is 0 Å². The summed E-state index contributed by atoms with van der Waals surface area (Å²) in [5, 5.41) is 0. The van der Waals surface area contributed by atoms with Gasteiger partial charge >= 0.3 is 0 Å². The molecule has 1 rings (SSSR count). The summed E-state index contributed by atoms with van der Waals surface area (Å²) >= 11 is 2.92. The van der Waals surface area contributed by atoms with Crippen LogP contribution in [0.3, 0.4) is 0 Å². The van der Waals surface area contributed by atoms with Crippen molar-refractivity contribution >= 4 is 20.6 Å². The number of hydrogen-bond acceptors (Lipinski definition) is 1. The summed E-state index contributed by atoms with van der Waals surface area (Å²) in [4.78, 5) is 10.8. The maximum atomic E-state index is 10.8. The Labute approximate surface area is 80.9 Å². The third-order valence-electron chi connectivity index (χ3n) is 1.62. The first-order valence-electron chi connectivity index (χ1n) is 3.83. The van der Waals surface area contributed by atoms with E-state index in [-0.39, 0.29) is 4.69 Å². The zero-order valence-corrected chi connectivity index (χ0v) is 8.81. The Morgan fingerprint density at radius 1 is 1.25 bits per heavy atom. The molecule has 0 saturated heterocycles. The molecule has 12 heavy (non-hydrogen) atoms. The highest BCUT2D eigenvalue weighted by atomic mass is 79.9. The van der Waals surface area contributed by atoms with Crippen molar-refractivity contribution in [1.82, 2.24) is 0 Å². The Morgan fingerprint density at radius 3 is 2.17 bits per heavy atom. The summed E-state index contributed by atoms with van der Waals surface area (Å²) in [5.41, 5.74) is 3.49. The predicted octanol–water partition coefficient (Wildman–Crippen LogP) is 2.77. The van der Waals surface area contributed by atoms with Crippen molar-refractivity contribution in [3.05, 3.63) is 34.9 Å². The first-order chi connectivity index (χ1) is 5.58. The molecule has 0 spiro atoms. The lowest BCUT2D eigenvalue weighted by Gasteiger charge is -2.01. The largest absolute Gasteiger partial charge is 0.286 e. The molecule has 0 unspecified atom stereocenters. The molecule has 0 atom stereocenters. The predicted molar refractivity (Wildman–Crippen MR) is 53.6 cm³/mol. The number of rotatable bonds is 2. The quantitative estimate of drug-likeness (QED) is 0.710. The number of halogens is 1. The van der Waals surface area contributed by atoms with E-state index in [4.69, 9.17) is 0 Å². The molecular formula is C10H11BrO. The molecule has 0 N–H and O–H groups in total. The van der Waals surface area contributed by atoms with Crippen LogP contribution in [0.4, 0.5) is 0 Å². The zero-order valence-electron chi connectivity index (χ0n) is 7.23. The molecule has 0 saturated carbocycles. The number of carbonyl (C=O) groups excluding carboxylic acids is 1. The molecule has 2 heteroatoms. The van der Waals surface area contributed by atoms with Crippen molar-refractivity contribution in [2.45, 2.75) is 20.3 Å². The van der Waals surface area contributed by atoms with Gasteiger partial charge in [0.15, 0.2) is 0 Å². The molecule has 0 radical (unpaired) electrons. The molecule has 0 aliphatic carbocycles. The standard InChI is InChI=1S/C10H11BrO/c1-7-3-8(2)5-9(4-7)6-10(11)12/h3-5H,6H2,1-2H3. The van der Waals surface area contributed by atoms with Gasteiger partial charge in [0.25, 0.3) is 0 Å². The van der Waals surface area contributed by atoms with Crippen LogP contribution < -0.4 is 0 Å². The van der Waals surface area contributed by atoms with Gasteiger partial charge < -0.3 is 0 Å². The Morgan fingerprint density at radius 2 is 1.75 bits per heavy atom. The van der Waals surface area contributed by atoms with Crippen molar-refractivity contribution in [3.63, 3.8) is 0 Å². The minimum absolute atomic E-state index is 0.0347. The molecule has 1 aromatic rings. The van der Waals surface area contributed by atoms with Gasteiger partial charge in [0.2, 0.25) is 4.69 Å². The highest BCUT2D eigenvalue weighted by Gasteiger charge is 1.99. The van der Waals surface area contributed by atoms with Gasteiger partial charge in [-0.15, -0.1) is 0 Å². The second-order valence-corrected chi connectivity index (χ2v) is 3.91. The van der Waals surface area contributed by atoms with E-state index in [1.54, 1.807) is 0 Å². The minimum Gasteiger partial charge on any atom is -0.286 e. The molecule has 0 heterocycles. The van der Waals surface area contributed by atoms with Gasteiger partial charge in [0.05, 0.1) is 0 Å². The molecule has 0 aliphatic rings. The summed E-state index contributed by atoms with van der Waals surface area (Å²) in [5.74, 6) is 0. The van der Waals surface area contributed by atoms with Crippen LogP contribution in [0.15, 0.2) is 18.2 Å². The molecule has 0 aliphatic heterocycles. The van der Waals surface area contributed by atoms with Crippen LogP contribution in [-0.2, 0) is 11.2 Å². The minimum atomic E-state index is 0.0347. The molecule has 1 nitrogen and oxygen atoms in total. The van der Waals surface area contributed by atoms with E-state index in [0.29, 0.717) is 6.42 Å². The Hall–Kier alpha value is -0.630. The Kier molecular flexibility index (Phi) is 3.04. The first kappa shape index (κ1) is 9.46. The first-order valence-corrected chi connectivity index (χ1v) is 4.63. The lowest BCUT2D eigenvalue weighted by Crippen LogP contribution is -1.93. The summed E-state index contributed by atoms with van der Waals surface area (Å²) in [6, 6.07) is 6.17. The van der Waals surface area contributed by atoms with Crippen LogP contribution in [0.25, 0.3) is 0 Å². The number of aryl methyl sites for hydroxylation is 2. The average Bonchev–Trinajstić information content (AvgIpc) is 1.81. The van der Waals surface area contributed by atoms with E-state index in [1.165, 1.54) is 11.1 Å². The molecule has 1 aromatic carbocycles. The molecule has 0 aromatic heterocycles. The fraction of sp³-hybridized carbons (Fsp3) is 0.300. The van der Waals surface area contributed by atoms with E-state index in [0.717, 1.165) is 5.56 Å². The topological polar surface area (TPSA) is 17.1 Å². The molecular weight excluding hydrogens is 216 g/mol. The molecule has 64 valence electrons. The monoisotopic (exact) mass is 226 g/mol. The number of hydrogen-bond donors (Lipinski definition) is 0. The van der Waals surface area contributed by atoms with E-state index in [9.17, 15) is 4.79 Å². The van der Waals surface area contributed by atoms with Crippen LogP contribution in [0.5, 0.6) is 0 Å². The third-order valence-corrected chi connectivity index (χ3v) is 1.90. The molecule has 0 fully saturated rings. The Balaban J connectivity index is 2.93. The third kappa shape index (κ3) is 2.78. The van der Waals surface area contributed by atoms with Crippen molar-refractivity contribution < 1.29 is 4.79 Å². The molecule has 0 amide bonds. The Bertz CT molecular complexity index is 284. The van der Waals surface area contributed by atoms with Crippen LogP contribution >= 0.6 is 15.9 Å². The van der Waals surface area contributed by atoms with Gasteiger partial charge in [-0.3, -0.25) is 4.79 Å². The second-order valence-electron chi connectivity index (χ2n) is 3.03. The lowest BCUT2D eigenvalue weighted by molar-refractivity contribution is -0.109. The summed E-state index contributed by atoms with van der Waals surface area (Å²) in [6.07, 6.45) is 0.475. The SMILES string of the molecule is Cc1cc(C)cc(CC(=O)Br)c1. The number of carbonyl (C=O) groups is 1. The van der Waals surface area contributed by atoms with Crippen LogP contribution in [0, 0.1) is 13.8 Å². The fourth-order valence-electron chi connectivity index (χ4n) is 1.33. The van der Waals surface area contributed by atoms with Crippen LogP contribution in [-0.4, -0.2) is 4.69 Å². The van der Waals surface area contributed by atoms with E-state index in [2.05, 4.69) is 22.0 Å². The maximum Gasteiger partial charge on any atom is 0.202 e. The van der Waals surface area contributed by atoms with E-state index in [1.807, 2.05) is 26.0 Å². The van der Waals surface area contributed by atoms with Crippen LogP contribution in [0.1, 0.15) is 16.7 Å². The van der Waals surface area contributed by atoms with Gasteiger partial charge in [0, 0.05) is 6.42 Å². The van der Waals surface area contributed by atoms with Crippen molar-refractivity contribution in [3.8, 4) is 0 Å². The zero-order chi connectivity index (χ0) is 9.14. The highest BCUT2D eigenvalue weighted by molar-refractivity contribution is 9.18. The normalized spacial score (nSPS) is 9.92. The maximum absolute atomic E-state index is 10.8. The van der Waals surface area contributed by atoms with Crippen LogP contribution in [0.2, 0.25) is 0 Å². The highest BCUT2D eigenvalue weighted by Crippen LogP contribution is 2.10. The second kappa shape index (κ2) is 3.85. The van der Waals surface area contributed by atoms with E-state index < -0.39 is 0 Å². The van der Waals surface area contributed by atoms with Crippen molar-refractivity contribution in [2.75, 3.05) is 0 Å². The number of benzene rings is 1. The van der Waals surface area contributed by atoms with Gasteiger partial charge in [-0.1, -0.05) is 29.3 Å². The van der Waals surface area contributed by atoms with Crippen molar-refractivity contribution in [2.24, 2.45) is 0 Å². The molecule has 0 bridgehead atoms. The summed E-state index contributed by atoms with van der Waals surface area (Å²) < 4.78 is 0.0347. The fourth-order valence-corrected chi connectivity index (χ4v) is 1.66. The summed E-state index contributed by atoms with van der Waals surface area (Å²) in [6.45, 7) is 4.07. The summed E-state index contributed by atoms with van der Waals surface area (Å²) in [7, 11) is 0. The van der Waals surface area contributed by atoms with Gasteiger partial charge in [-0.25, -0.2) is 0 Å². The smallest absolute Gasteiger partial charge is 0.202 e. The van der Waals surface area contributed by atoms with Crippen molar-refractivity contribution in [1.29, 1.82) is 0 Å². The van der Waals surface area contributed by atoms with Gasteiger partial charge in [0.1, 0.15) is 0 Å². The van der Waals surface area contributed by atoms with Gasteiger partial charge in [-0.05, 0) is 35.3 Å². The van der Waals surface area contributed by atoms with Gasteiger partial charge in [-0.2, -0.15) is 0 Å². The lowest BCUT2D eigenvalue weighted by atomic mass is 10.1.